The molecule has 1 aromatic heterocycles. The van der Waals surface area contributed by atoms with Crippen LogP contribution < -0.4 is 0 Å². The zero-order chi connectivity index (χ0) is 17.6. The first kappa shape index (κ1) is 16.4. The summed E-state index contributed by atoms with van der Waals surface area (Å²) >= 11 is 0. The first-order chi connectivity index (χ1) is 12.9. The van der Waals surface area contributed by atoms with Gasteiger partial charge in [0.1, 0.15) is 0 Å². The molecule has 3 aromatic carbocycles. The lowest BCUT2D eigenvalue weighted by molar-refractivity contribution is 0.823. The molecule has 0 aliphatic rings. The Kier molecular flexibility index (Phi) is 4.97. The van der Waals surface area contributed by atoms with Crippen LogP contribution in [0, 0.1) is 0 Å². The second-order valence-corrected chi connectivity index (χ2v) is 6.65. The number of hydrogen-bond acceptors (Lipinski definition) is 0. The first-order valence-corrected chi connectivity index (χ1v) is 9.27. The van der Waals surface area contributed by atoms with Crippen molar-refractivity contribution in [1.82, 2.24) is 4.98 Å². The third-order valence-corrected chi connectivity index (χ3v) is 4.80. The van der Waals surface area contributed by atoms with Crippen molar-refractivity contribution in [3.8, 4) is 22.5 Å². The maximum Gasteiger partial charge on any atom is 0.0491 e. The monoisotopic (exact) mass is 337 g/mol. The Morgan fingerprint density at radius 3 is 1.81 bits per heavy atom. The number of nitrogens with one attached hydrogen (secondary N) is 1. The van der Waals surface area contributed by atoms with Crippen LogP contribution in [0.5, 0.6) is 0 Å². The maximum absolute atomic E-state index is 3.66. The minimum Gasteiger partial charge on any atom is -0.354 e. The van der Waals surface area contributed by atoms with Crippen molar-refractivity contribution < 1.29 is 0 Å². The summed E-state index contributed by atoms with van der Waals surface area (Å²) in [6.45, 7) is 0. The topological polar surface area (TPSA) is 15.8 Å². The molecule has 0 aliphatic carbocycles. The largest absolute Gasteiger partial charge is 0.354 e. The highest BCUT2D eigenvalue weighted by atomic mass is 14.7. The van der Waals surface area contributed by atoms with E-state index in [1.165, 1.54) is 33.6 Å². The zero-order valence-corrected chi connectivity index (χ0v) is 14.9. The highest BCUT2D eigenvalue weighted by Gasteiger charge is 2.11. The average Bonchev–Trinajstić information content (AvgIpc) is 3.14. The van der Waals surface area contributed by atoms with Crippen molar-refractivity contribution in [2.24, 2.45) is 0 Å². The molecule has 1 nitrogen and oxygen atoms in total. The first-order valence-electron chi connectivity index (χ1n) is 9.27. The number of rotatable bonds is 6. The van der Waals surface area contributed by atoms with Crippen molar-refractivity contribution in [3.63, 3.8) is 0 Å². The van der Waals surface area contributed by atoms with Gasteiger partial charge in [0, 0.05) is 11.4 Å². The van der Waals surface area contributed by atoms with E-state index >= 15 is 0 Å². The normalized spacial score (nSPS) is 10.8. The quantitative estimate of drug-likeness (QED) is 0.412. The van der Waals surface area contributed by atoms with Crippen LogP contribution in [0.2, 0.25) is 0 Å². The molecular weight excluding hydrogens is 314 g/mol. The van der Waals surface area contributed by atoms with Gasteiger partial charge in [-0.05, 0) is 47.6 Å². The molecule has 0 saturated heterocycles. The Labute approximate surface area is 155 Å². The third kappa shape index (κ3) is 3.78. The molecule has 128 valence electrons. The predicted molar refractivity (Wildman–Crippen MR) is 110 cm³/mol. The molecule has 4 aromatic rings. The lowest BCUT2D eigenvalue weighted by Gasteiger charge is -2.05. The number of aryl methyl sites for hydroxylation is 2. The van der Waals surface area contributed by atoms with Crippen molar-refractivity contribution in [1.29, 1.82) is 0 Å². The Balaban J connectivity index is 1.60. The van der Waals surface area contributed by atoms with Crippen LogP contribution >= 0.6 is 0 Å². The van der Waals surface area contributed by atoms with E-state index in [-0.39, 0.29) is 0 Å². The molecule has 0 bridgehead atoms. The molecular formula is C25H23N. The minimum atomic E-state index is 1.07. The van der Waals surface area contributed by atoms with Gasteiger partial charge >= 0.3 is 0 Å². The lowest BCUT2D eigenvalue weighted by atomic mass is 10.0. The molecule has 0 spiro atoms. The van der Waals surface area contributed by atoms with Crippen LogP contribution in [0.15, 0.2) is 97.1 Å². The molecule has 1 heteroatoms. The Bertz CT molecular complexity index is 937. The van der Waals surface area contributed by atoms with Gasteiger partial charge in [0.15, 0.2) is 0 Å². The molecule has 0 fully saturated rings. The van der Waals surface area contributed by atoms with E-state index in [9.17, 15) is 0 Å². The Hall–Kier alpha value is -3.06. The van der Waals surface area contributed by atoms with E-state index in [2.05, 4.69) is 102 Å². The van der Waals surface area contributed by atoms with Gasteiger partial charge in [-0.25, -0.2) is 0 Å². The van der Waals surface area contributed by atoms with Gasteiger partial charge in [0.25, 0.3) is 0 Å². The second-order valence-electron chi connectivity index (χ2n) is 6.65. The molecule has 1 heterocycles. The summed E-state index contributed by atoms with van der Waals surface area (Å²) in [6, 6.07) is 34.3. The van der Waals surface area contributed by atoms with Crippen LogP contribution in [-0.4, -0.2) is 4.98 Å². The number of H-pyrrole nitrogens is 1. The zero-order valence-electron chi connectivity index (χ0n) is 14.9. The number of hydrogen-bond donors (Lipinski definition) is 1. The Morgan fingerprint density at radius 1 is 0.577 bits per heavy atom. The number of aromatic nitrogens is 1. The van der Waals surface area contributed by atoms with E-state index in [4.69, 9.17) is 0 Å². The third-order valence-electron chi connectivity index (χ3n) is 4.80. The van der Waals surface area contributed by atoms with Gasteiger partial charge in [-0.2, -0.15) is 0 Å². The van der Waals surface area contributed by atoms with Crippen LogP contribution in [0.1, 0.15) is 17.5 Å². The fourth-order valence-corrected chi connectivity index (χ4v) is 3.46. The van der Waals surface area contributed by atoms with E-state index in [1.54, 1.807) is 0 Å². The van der Waals surface area contributed by atoms with Gasteiger partial charge in [-0.15, -0.1) is 0 Å². The van der Waals surface area contributed by atoms with E-state index in [1.807, 2.05) is 0 Å². The number of aromatic amines is 1. The summed E-state index contributed by atoms with van der Waals surface area (Å²) in [7, 11) is 0. The SMILES string of the molecule is c1ccc(CCCc2cc(-c3ccccc3)[nH]c2-c2ccccc2)cc1. The highest BCUT2D eigenvalue weighted by molar-refractivity contribution is 5.71. The second kappa shape index (κ2) is 7.88. The predicted octanol–water partition coefficient (Wildman–Crippen LogP) is 6.52. The van der Waals surface area contributed by atoms with Gasteiger partial charge in [-0.1, -0.05) is 91.0 Å². The van der Waals surface area contributed by atoms with E-state index in [0.29, 0.717) is 0 Å². The van der Waals surface area contributed by atoms with E-state index in [0.717, 1.165) is 19.3 Å². The summed E-state index contributed by atoms with van der Waals surface area (Å²) in [5, 5.41) is 0. The molecule has 0 aliphatic heterocycles. The average molecular weight is 337 g/mol. The van der Waals surface area contributed by atoms with Gasteiger partial charge in [0.2, 0.25) is 0 Å². The Morgan fingerprint density at radius 2 is 1.15 bits per heavy atom. The molecule has 4 rings (SSSR count). The summed E-state index contributed by atoms with van der Waals surface area (Å²) in [6.07, 6.45) is 3.33. The fourth-order valence-electron chi connectivity index (χ4n) is 3.46. The van der Waals surface area contributed by atoms with Crippen molar-refractivity contribution >= 4 is 0 Å². The molecule has 0 unspecified atom stereocenters. The van der Waals surface area contributed by atoms with E-state index < -0.39 is 0 Å². The maximum atomic E-state index is 3.66. The van der Waals surface area contributed by atoms with Gasteiger partial charge < -0.3 is 4.98 Å². The minimum absolute atomic E-state index is 1.07. The summed E-state index contributed by atoms with van der Waals surface area (Å²) in [5.41, 5.74) is 7.73. The van der Waals surface area contributed by atoms with Crippen LogP contribution in [-0.2, 0) is 12.8 Å². The summed E-state index contributed by atoms with van der Waals surface area (Å²) in [5.74, 6) is 0. The smallest absolute Gasteiger partial charge is 0.0491 e. The van der Waals surface area contributed by atoms with Crippen molar-refractivity contribution in [2.75, 3.05) is 0 Å². The fraction of sp³-hybridized carbons (Fsp3) is 0.120. The van der Waals surface area contributed by atoms with Crippen molar-refractivity contribution in [3.05, 3.63) is 108 Å². The lowest BCUT2D eigenvalue weighted by Crippen LogP contribution is -1.91. The molecule has 0 saturated carbocycles. The molecule has 26 heavy (non-hydrogen) atoms. The molecule has 0 amide bonds. The summed E-state index contributed by atoms with van der Waals surface area (Å²) < 4.78 is 0. The van der Waals surface area contributed by atoms with Crippen LogP contribution in [0.4, 0.5) is 0 Å². The summed E-state index contributed by atoms with van der Waals surface area (Å²) in [4.78, 5) is 3.66. The van der Waals surface area contributed by atoms with Crippen molar-refractivity contribution in [2.45, 2.75) is 19.3 Å². The molecule has 0 radical (unpaired) electrons. The van der Waals surface area contributed by atoms with Gasteiger partial charge in [-0.3, -0.25) is 0 Å². The standard InChI is InChI=1S/C25H23N/c1-4-11-20(12-5-1)13-10-18-23-19-24(21-14-6-2-7-15-21)26-25(23)22-16-8-3-9-17-22/h1-9,11-12,14-17,19,26H,10,13,18H2. The molecule has 0 atom stereocenters. The van der Waals surface area contributed by atoms with Crippen LogP contribution in [0.25, 0.3) is 22.5 Å². The van der Waals surface area contributed by atoms with Crippen LogP contribution in [0.3, 0.4) is 0 Å². The van der Waals surface area contributed by atoms with Gasteiger partial charge in [0.05, 0.1) is 0 Å². The number of benzene rings is 3. The molecule has 1 N–H and O–H groups in total. The highest BCUT2D eigenvalue weighted by Crippen LogP contribution is 2.30.